The van der Waals surface area contributed by atoms with E-state index in [0.717, 1.165) is 30.1 Å². The van der Waals surface area contributed by atoms with Crippen LogP contribution in [0, 0.1) is 5.92 Å². The second kappa shape index (κ2) is 10.9. The molecule has 2 N–H and O–H groups in total. The first-order valence-electron chi connectivity index (χ1n) is 9.86. The third-order valence-electron chi connectivity index (χ3n) is 5.58. The molecule has 12 heteroatoms. The number of aliphatic carboxylic acids is 1. The third kappa shape index (κ3) is 6.26. The predicted octanol–water partition coefficient (Wildman–Crippen LogP) is -4.64. The Kier molecular flexibility index (Phi) is 9.02. The molecule has 1 aromatic rings. The molecule has 3 rings (SSSR count). The van der Waals surface area contributed by atoms with E-state index in [1.807, 2.05) is 7.05 Å². The standard InChI is InChI=1S/C19H27N5O5S.Na/c1-23(2)18(27)10-4-5-11(20-16(26)19(28)29)13(8-10)21-15(25)17-22-12-6-7-24(3)9-14(12)30-17;/h10-11,13H,4-9H2,1-3H3,(H,20,26)(H,21,25)(H,28,29);/q;+1/p-1/t10-,11-,13+;/m0./s1. The minimum absolute atomic E-state index is 0. The van der Waals surface area contributed by atoms with Gasteiger partial charge in [0.2, 0.25) is 5.91 Å². The minimum Gasteiger partial charge on any atom is -0.540 e. The summed E-state index contributed by atoms with van der Waals surface area (Å²) in [7, 11) is 5.34. The molecule has 1 aliphatic carbocycles. The van der Waals surface area contributed by atoms with Crippen LogP contribution in [0.5, 0.6) is 0 Å². The summed E-state index contributed by atoms with van der Waals surface area (Å²) >= 11 is 1.34. The van der Waals surface area contributed by atoms with Gasteiger partial charge in [0.15, 0.2) is 5.01 Å². The van der Waals surface area contributed by atoms with Gasteiger partial charge in [-0.2, -0.15) is 0 Å². The van der Waals surface area contributed by atoms with Crippen molar-refractivity contribution in [3.8, 4) is 0 Å². The molecule has 31 heavy (non-hydrogen) atoms. The fourth-order valence-corrected chi connectivity index (χ4v) is 5.06. The largest absolute Gasteiger partial charge is 1.00 e. The van der Waals surface area contributed by atoms with Crippen molar-refractivity contribution in [3.63, 3.8) is 0 Å². The Labute approximate surface area is 207 Å². The van der Waals surface area contributed by atoms with Gasteiger partial charge in [-0.1, -0.05) is 0 Å². The summed E-state index contributed by atoms with van der Waals surface area (Å²) in [5.74, 6) is -3.83. The summed E-state index contributed by atoms with van der Waals surface area (Å²) in [5, 5.41) is 16.4. The van der Waals surface area contributed by atoms with E-state index in [1.165, 1.54) is 16.2 Å². The van der Waals surface area contributed by atoms with Crippen LogP contribution >= 0.6 is 11.3 Å². The van der Waals surface area contributed by atoms with Crippen LogP contribution < -0.4 is 45.3 Å². The quantitative estimate of drug-likeness (QED) is 0.342. The maximum Gasteiger partial charge on any atom is 1.00 e. The number of amides is 3. The summed E-state index contributed by atoms with van der Waals surface area (Å²) < 4.78 is 0. The second-order valence-electron chi connectivity index (χ2n) is 8.07. The molecule has 1 saturated carbocycles. The van der Waals surface area contributed by atoms with Gasteiger partial charge in [0, 0.05) is 50.4 Å². The number of nitrogens with zero attached hydrogens (tertiary/aromatic N) is 3. The molecule has 0 unspecified atom stereocenters. The Bertz CT molecular complexity index is 861. The second-order valence-corrected chi connectivity index (χ2v) is 9.15. The first-order chi connectivity index (χ1) is 14.2. The molecule has 0 radical (unpaired) electrons. The average molecular weight is 460 g/mol. The number of likely N-dealkylation sites (N-methyl/N-ethyl adjacent to an activating group) is 1. The molecule has 0 bridgehead atoms. The van der Waals surface area contributed by atoms with Crippen molar-refractivity contribution in [1.29, 1.82) is 0 Å². The van der Waals surface area contributed by atoms with Gasteiger partial charge in [-0.25, -0.2) is 4.98 Å². The number of carboxylic acids is 1. The normalized spacial score (nSPS) is 23.1. The summed E-state index contributed by atoms with van der Waals surface area (Å²) in [6, 6.07) is -1.20. The summed E-state index contributed by atoms with van der Waals surface area (Å²) in [6.07, 6.45) is 1.93. The number of carbonyl (C=O) groups is 4. The van der Waals surface area contributed by atoms with Crippen LogP contribution in [0.1, 0.15) is 39.6 Å². The number of nitrogens with one attached hydrogen (secondary N) is 2. The van der Waals surface area contributed by atoms with Crippen molar-refractivity contribution >= 4 is 35.0 Å². The fourth-order valence-electron chi connectivity index (χ4n) is 3.97. The number of hydrogen-bond donors (Lipinski definition) is 2. The van der Waals surface area contributed by atoms with Gasteiger partial charge in [-0.3, -0.25) is 14.4 Å². The van der Waals surface area contributed by atoms with Crippen molar-refractivity contribution in [3.05, 3.63) is 15.6 Å². The zero-order chi connectivity index (χ0) is 22.0. The van der Waals surface area contributed by atoms with Gasteiger partial charge in [0.25, 0.3) is 11.8 Å². The Morgan fingerprint density at radius 3 is 2.52 bits per heavy atom. The number of thiazole rings is 1. The molecule has 3 atom stereocenters. The Hall–Kier alpha value is -1.53. The van der Waals surface area contributed by atoms with Gasteiger partial charge in [0.1, 0.15) is 5.97 Å². The monoisotopic (exact) mass is 459 g/mol. The zero-order valence-electron chi connectivity index (χ0n) is 18.3. The summed E-state index contributed by atoms with van der Waals surface area (Å²) in [6.45, 7) is 1.62. The van der Waals surface area contributed by atoms with E-state index in [9.17, 15) is 24.3 Å². The molecular formula is C19H26N5NaO5S. The number of rotatable bonds is 4. The van der Waals surface area contributed by atoms with Crippen molar-refractivity contribution in [1.82, 2.24) is 25.4 Å². The number of carbonyl (C=O) groups excluding carboxylic acids is 4. The number of carboxylic acid groups (broad SMARTS) is 1. The van der Waals surface area contributed by atoms with Crippen LogP contribution in [0.15, 0.2) is 0 Å². The molecule has 0 aromatic carbocycles. The van der Waals surface area contributed by atoms with E-state index >= 15 is 0 Å². The van der Waals surface area contributed by atoms with E-state index in [4.69, 9.17) is 0 Å². The van der Waals surface area contributed by atoms with Crippen molar-refractivity contribution < 1.29 is 53.8 Å². The van der Waals surface area contributed by atoms with Crippen LogP contribution in [-0.4, -0.2) is 78.2 Å². The van der Waals surface area contributed by atoms with Gasteiger partial charge < -0.3 is 30.3 Å². The molecule has 1 aromatic heterocycles. The van der Waals surface area contributed by atoms with Crippen LogP contribution in [0.2, 0.25) is 0 Å². The topological polar surface area (TPSA) is 135 Å². The fraction of sp³-hybridized carbons (Fsp3) is 0.632. The number of hydrogen-bond acceptors (Lipinski definition) is 8. The number of aromatic nitrogens is 1. The molecule has 1 aliphatic heterocycles. The zero-order valence-corrected chi connectivity index (χ0v) is 21.1. The molecule has 164 valence electrons. The van der Waals surface area contributed by atoms with Crippen molar-refractivity contribution in [2.75, 3.05) is 27.7 Å². The molecular weight excluding hydrogens is 433 g/mol. The average Bonchev–Trinajstić information content (AvgIpc) is 3.11. The molecule has 0 saturated heterocycles. The maximum absolute atomic E-state index is 12.9. The van der Waals surface area contributed by atoms with Gasteiger partial charge >= 0.3 is 29.6 Å². The molecule has 2 aliphatic rings. The molecule has 3 amide bonds. The maximum atomic E-state index is 12.9. The summed E-state index contributed by atoms with van der Waals surface area (Å²) in [5.41, 5.74) is 0.925. The van der Waals surface area contributed by atoms with Crippen LogP contribution in [-0.2, 0) is 27.3 Å². The van der Waals surface area contributed by atoms with Crippen LogP contribution in [0.4, 0.5) is 0 Å². The molecule has 0 spiro atoms. The van der Waals surface area contributed by atoms with Gasteiger partial charge in [0.05, 0.1) is 11.7 Å². The summed E-state index contributed by atoms with van der Waals surface area (Å²) in [4.78, 5) is 56.9. The number of fused-ring (bicyclic) bond motifs is 1. The third-order valence-corrected chi connectivity index (χ3v) is 6.66. The molecule has 10 nitrogen and oxygen atoms in total. The van der Waals surface area contributed by atoms with E-state index in [2.05, 4.69) is 20.5 Å². The Morgan fingerprint density at radius 2 is 1.87 bits per heavy atom. The molecule has 1 fully saturated rings. The smallest absolute Gasteiger partial charge is 0.540 e. The molecule has 2 heterocycles. The van der Waals surface area contributed by atoms with Gasteiger partial charge in [-0.05, 0) is 26.3 Å². The van der Waals surface area contributed by atoms with Gasteiger partial charge in [-0.15, -0.1) is 11.3 Å². The Balaban J connectivity index is 0.00000341. The van der Waals surface area contributed by atoms with Crippen molar-refractivity contribution in [2.45, 2.75) is 44.3 Å². The minimum atomic E-state index is -1.83. The van der Waals surface area contributed by atoms with E-state index in [1.54, 1.807) is 14.1 Å². The van der Waals surface area contributed by atoms with E-state index < -0.39 is 24.0 Å². The first-order valence-corrected chi connectivity index (χ1v) is 10.7. The SMILES string of the molecule is CN1CCc2nc(C(=O)N[C@@H]3C[C@@H](C(=O)N(C)C)CC[C@@H]3NC(=O)C(=O)[O-])sc2C1.[Na+]. The van der Waals surface area contributed by atoms with Crippen LogP contribution in [0.25, 0.3) is 0 Å². The Morgan fingerprint density at radius 1 is 1.16 bits per heavy atom. The predicted molar refractivity (Wildman–Crippen MR) is 106 cm³/mol. The van der Waals surface area contributed by atoms with Crippen LogP contribution in [0.3, 0.4) is 0 Å². The van der Waals surface area contributed by atoms with E-state index in [0.29, 0.717) is 24.3 Å². The first kappa shape index (κ1) is 25.7. The van der Waals surface area contributed by atoms with Crippen molar-refractivity contribution in [2.24, 2.45) is 5.92 Å². The van der Waals surface area contributed by atoms with E-state index in [-0.39, 0.29) is 47.3 Å².